The van der Waals surface area contributed by atoms with Gasteiger partial charge in [0.2, 0.25) is 5.89 Å². The zero-order valence-corrected chi connectivity index (χ0v) is 16.7. The van der Waals surface area contributed by atoms with E-state index in [1.807, 2.05) is 44.2 Å². The molecule has 4 rings (SSSR count). The summed E-state index contributed by atoms with van der Waals surface area (Å²) in [5.41, 5.74) is 5.11. The average Bonchev–Trinajstić information content (AvgIpc) is 3.10. The maximum absolute atomic E-state index is 10.2. The first-order chi connectivity index (χ1) is 13.4. The second-order valence-corrected chi connectivity index (χ2v) is 7.32. The molecule has 6 heteroatoms. The van der Waals surface area contributed by atoms with E-state index in [-0.39, 0.29) is 5.75 Å². The van der Waals surface area contributed by atoms with Crippen LogP contribution in [0.4, 0.5) is 5.69 Å². The van der Waals surface area contributed by atoms with E-state index in [1.54, 1.807) is 24.4 Å². The fraction of sp³-hybridized carbons (Fsp3) is 0.0909. The Bertz CT molecular complexity index is 1210. The Kier molecular flexibility index (Phi) is 4.84. The monoisotopic (exact) mass is 410 g/mol. The summed E-state index contributed by atoms with van der Waals surface area (Å²) in [5, 5.41) is 11.5. The molecule has 0 spiro atoms. The van der Waals surface area contributed by atoms with Crippen LogP contribution in [0.15, 0.2) is 57.9 Å². The van der Waals surface area contributed by atoms with Crippen LogP contribution in [0.5, 0.6) is 5.75 Å². The number of hydrogen-bond acceptors (Lipinski definition) is 4. The van der Waals surface area contributed by atoms with E-state index in [4.69, 9.17) is 27.6 Å². The zero-order valence-electron chi connectivity index (χ0n) is 15.2. The molecule has 1 aromatic heterocycles. The van der Waals surface area contributed by atoms with Crippen molar-refractivity contribution < 1.29 is 9.52 Å². The third-order valence-electron chi connectivity index (χ3n) is 4.51. The van der Waals surface area contributed by atoms with Crippen LogP contribution in [0.3, 0.4) is 0 Å². The molecule has 0 saturated carbocycles. The van der Waals surface area contributed by atoms with Gasteiger partial charge in [0.1, 0.15) is 11.3 Å². The first-order valence-corrected chi connectivity index (χ1v) is 9.37. The molecule has 4 nitrogen and oxygen atoms in total. The fourth-order valence-electron chi connectivity index (χ4n) is 2.97. The number of halogens is 2. The van der Waals surface area contributed by atoms with Gasteiger partial charge in [-0.25, -0.2) is 4.98 Å². The molecule has 0 aliphatic heterocycles. The van der Waals surface area contributed by atoms with Crippen molar-refractivity contribution >= 4 is 46.2 Å². The van der Waals surface area contributed by atoms with E-state index < -0.39 is 0 Å². The Morgan fingerprint density at radius 2 is 1.79 bits per heavy atom. The minimum Gasteiger partial charge on any atom is -0.507 e. The number of benzene rings is 3. The lowest BCUT2D eigenvalue weighted by Gasteiger charge is -2.08. The Morgan fingerprint density at radius 3 is 2.54 bits per heavy atom. The molecular formula is C22H16Cl2N2O2. The highest BCUT2D eigenvalue weighted by atomic mass is 35.5. The molecule has 0 atom stereocenters. The number of oxazole rings is 1. The van der Waals surface area contributed by atoms with E-state index >= 15 is 0 Å². The summed E-state index contributed by atoms with van der Waals surface area (Å²) in [6.07, 6.45) is 1.61. The third kappa shape index (κ3) is 3.49. The molecule has 0 fully saturated rings. The molecule has 0 bridgehead atoms. The molecule has 0 radical (unpaired) electrons. The van der Waals surface area contributed by atoms with Crippen LogP contribution in [0.1, 0.15) is 16.7 Å². The van der Waals surface area contributed by atoms with Gasteiger partial charge in [0.25, 0.3) is 0 Å². The second-order valence-electron chi connectivity index (χ2n) is 6.50. The number of fused-ring (bicyclic) bond motifs is 1. The first kappa shape index (κ1) is 18.5. The van der Waals surface area contributed by atoms with Crippen LogP contribution in [-0.2, 0) is 0 Å². The number of phenols is 1. The molecule has 28 heavy (non-hydrogen) atoms. The van der Waals surface area contributed by atoms with Crippen molar-refractivity contribution in [3.8, 4) is 17.2 Å². The smallest absolute Gasteiger partial charge is 0.227 e. The maximum atomic E-state index is 10.2. The molecule has 0 aliphatic rings. The molecule has 3 aromatic carbocycles. The summed E-state index contributed by atoms with van der Waals surface area (Å²) in [7, 11) is 0. The number of phenolic OH excluding ortho intramolecular Hbond substituents is 1. The van der Waals surface area contributed by atoms with Gasteiger partial charge in [-0.05, 0) is 73.5 Å². The van der Waals surface area contributed by atoms with Gasteiger partial charge in [-0.15, -0.1) is 0 Å². The van der Waals surface area contributed by atoms with E-state index in [2.05, 4.69) is 9.98 Å². The number of nitrogens with zero attached hydrogens (tertiary/aromatic N) is 2. The van der Waals surface area contributed by atoms with Crippen molar-refractivity contribution in [3.05, 3.63) is 75.3 Å². The molecule has 4 aromatic rings. The van der Waals surface area contributed by atoms with Gasteiger partial charge in [0, 0.05) is 27.4 Å². The molecule has 0 saturated heterocycles. The zero-order chi connectivity index (χ0) is 19.8. The average molecular weight is 411 g/mol. The minimum absolute atomic E-state index is 0.149. The molecule has 1 N–H and O–H groups in total. The van der Waals surface area contributed by atoms with Crippen LogP contribution in [0.2, 0.25) is 10.0 Å². The summed E-state index contributed by atoms with van der Waals surface area (Å²) >= 11 is 12.2. The third-order valence-corrected chi connectivity index (χ3v) is 5.35. The normalized spacial score (nSPS) is 11.6. The Hall–Kier alpha value is -2.82. The van der Waals surface area contributed by atoms with Gasteiger partial charge < -0.3 is 9.52 Å². The number of aromatic hydroxyl groups is 1. The summed E-state index contributed by atoms with van der Waals surface area (Å²) in [5.74, 6) is 0.669. The quantitative estimate of drug-likeness (QED) is 0.374. The van der Waals surface area contributed by atoms with Gasteiger partial charge >= 0.3 is 0 Å². The molecule has 0 aliphatic carbocycles. The van der Waals surface area contributed by atoms with Gasteiger partial charge in [-0.1, -0.05) is 23.2 Å². The second kappa shape index (κ2) is 7.30. The fourth-order valence-corrected chi connectivity index (χ4v) is 3.25. The van der Waals surface area contributed by atoms with Crippen molar-refractivity contribution in [2.75, 3.05) is 0 Å². The lowest BCUT2D eigenvalue weighted by molar-refractivity contribution is 0.473. The number of aromatic nitrogens is 1. The number of aliphatic imine (C=N–C) groups is 1. The minimum atomic E-state index is 0.149. The number of hydrogen-bond donors (Lipinski definition) is 1. The van der Waals surface area contributed by atoms with Crippen molar-refractivity contribution in [1.82, 2.24) is 4.98 Å². The predicted octanol–water partition coefficient (Wildman–Crippen LogP) is 6.87. The van der Waals surface area contributed by atoms with Crippen LogP contribution < -0.4 is 0 Å². The predicted molar refractivity (Wildman–Crippen MR) is 114 cm³/mol. The Balaban J connectivity index is 1.68. The lowest BCUT2D eigenvalue weighted by atomic mass is 10.0. The number of aryl methyl sites for hydroxylation is 1. The standard InChI is InChI=1S/C22H16Cl2N2O2/c1-12-9-19(27)17(13(2)21(12)24)11-25-16-7-8-20-18(10-16)26-22(28-20)14-3-5-15(23)6-4-14/h3-11,27H,1-2H3. The van der Waals surface area contributed by atoms with E-state index in [0.29, 0.717) is 38.3 Å². The molecule has 0 amide bonds. The van der Waals surface area contributed by atoms with Crippen molar-refractivity contribution in [2.24, 2.45) is 4.99 Å². The van der Waals surface area contributed by atoms with E-state index in [0.717, 1.165) is 16.7 Å². The molecule has 140 valence electrons. The molecule has 1 heterocycles. The van der Waals surface area contributed by atoms with Crippen molar-refractivity contribution in [1.29, 1.82) is 0 Å². The summed E-state index contributed by atoms with van der Waals surface area (Å²) in [6, 6.07) is 14.4. The van der Waals surface area contributed by atoms with Crippen LogP contribution in [0.25, 0.3) is 22.6 Å². The van der Waals surface area contributed by atoms with Gasteiger partial charge in [0.05, 0.1) is 5.69 Å². The van der Waals surface area contributed by atoms with Gasteiger partial charge in [0.15, 0.2) is 5.58 Å². The lowest BCUT2D eigenvalue weighted by Crippen LogP contribution is -1.92. The van der Waals surface area contributed by atoms with Crippen LogP contribution in [-0.4, -0.2) is 16.3 Å². The summed E-state index contributed by atoms with van der Waals surface area (Å²) in [4.78, 5) is 9.00. The largest absolute Gasteiger partial charge is 0.507 e. The highest BCUT2D eigenvalue weighted by Gasteiger charge is 2.11. The van der Waals surface area contributed by atoms with Crippen molar-refractivity contribution in [3.63, 3.8) is 0 Å². The van der Waals surface area contributed by atoms with Gasteiger partial charge in [-0.3, -0.25) is 4.99 Å². The summed E-state index contributed by atoms with van der Waals surface area (Å²) in [6.45, 7) is 3.71. The summed E-state index contributed by atoms with van der Waals surface area (Å²) < 4.78 is 5.82. The SMILES string of the molecule is Cc1cc(O)c(C=Nc2ccc3oc(-c4ccc(Cl)cc4)nc3c2)c(C)c1Cl. The molecule has 0 unspecified atom stereocenters. The van der Waals surface area contributed by atoms with E-state index in [1.165, 1.54) is 0 Å². The van der Waals surface area contributed by atoms with Crippen molar-refractivity contribution in [2.45, 2.75) is 13.8 Å². The first-order valence-electron chi connectivity index (χ1n) is 8.61. The molecular weight excluding hydrogens is 395 g/mol. The highest BCUT2D eigenvalue weighted by Crippen LogP contribution is 2.31. The van der Waals surface area contributed by atoms with E-state index in [9.17, 15) is 5.11 Å². The van der Waals surface area contributed by atoms with Gasteiger partial charge in [-0.2, -0.15) is 0 Å². The Labute approximate surface area is 172 Å². The highest BCUT2D eigenvalue weighted by molar-refractivity contribution is 6.32. The van der Waals surface area contributed by atoms with Crippen LogP contribution >= 0.6 is 23.2 Å². The topological polar surface area (TPSA) is 58.6 Å². The number of rotatable bonds is 3. The maximum Gasteiger partial charge on any atom is 0.227 e. The Morgan fingerprint density at radius 1 is 1.04 bits per heavy atom. The van der Waals surface area contributed by atoms with Crippen LogP contribution in [0, 0.1) is 13.8 Å².